The van der Waals surface area contributed by atoms with Crippen molar-refractivity contribution in [1.29, 1.82) is 0 Å². The highest BCUT2D eigenvalue weighted by Gasteiger charge is 2.54. The lowest BCUT2D eigenvalue weighted by atomic mass is 10.1. The van der Waals surface area contributed by atoms with E-state index in [1.807, 2.05) is 12.2 Å². The first-order chi connectivity index (χ1) is 5.79. The highest BCUT2D eigenvalue weighted by atomic mass is 16.5. The molecule has 2 aliphatic carbocycles. The number of rotatable bonds is 2. The van der Waals surface area contributed by atoms with Crippen LogP contribution < -0.4 is 0 Å². The second kappa shape index (κ2) is 2.54. The largest absolute Gasteiger partial charge is 0.501 e. The standard InChI is InChI=1S/C10H14O2/c1-6-9-7(11-2)4-5-8(12-3)10(6)9/h4-6,9-10H,1-3H3. The summed E-state index contributed by atoms with van der Waals surface area (Å²) in [6.45, 7) is 2.24. The van der Waals surface area contributed by atoms with E-state index in [0.717, 1.165) is 11.5 Å². The smallest absolute Gasteiger partial charge is 0.0997 e. The molecule has 2 nitrogen and oxygen atoms in total. The van der Waals surface area contributed by atoms with Crippen LogP contribution in [0.3, 0.4) is 0 Å². The zero-order valence-electron chi connectivity index (χ0n) is 7.70. The fraction of sp³-hybridized carbons (Fsp3) is 0.600. The van der Waals surface area contributed by atoms with E-state index in [1.165, 1.54) is 0 Å². The van der Waals surface area contributed by atoms with Gasteiger partial charge in [0.15, 0.2) is 0 Å². The fourth-order valence-electron chi connectivity index (χ4n) is 2.13. The molecule has 0 amide bonds. The number of hydrogen-bond donors (Lipinski definition) is 0. The van der Waals surface area contributed by atoms with E-state index >= 15 is 0 Å². The summed E-state index contributed by atoms with van der Waals surface area (Å²) < 4.78 is 10.5. The number of methoxy groups -OCH3 is 2. The highest BCUT2D eigenvalue weighted by Crippen LogP contribution is 2.56. The Morgan fingerprint density at radius 1 is 1.00 bits per heavy atom. The molecule has 2 heteroatoms. The van der Waals surface area contributed by atoms with Gasteiger partial charge in [-0.1, -0.05) is 6.92 Å². The molecule has 0 saturated heterocycles. The van der Waals surface area contributed by atoms with Gasteiger partial charge in [-0.05, 0) is 18.1 Å². The second-order valence-corrected chi connectivity index (χ2v) is 3.46. The molecular formula is C10H14O2. The van der Waals surface area contributed by atoms with Gasteiger partial charge in [0.25, 0.3) is 0 Å². The van der Waals surface area contributed by atoms with Crippen LogP contribution in [0.25, 0.3) is 0 Å². The maximum absolute atomic E-state index is 5.27. The summed E-state index contributed by atoms with van der Waals surface area (Å²) in [7, 11) is 3.47. The lowest BCUT2D eigenvalue weighted by Crippen LogP contribution is -2.00. The Morgan fingerprint density at radius 3 is 1.75 bits per heavy atom. The minimum atomic E-state index is 0.579. The third-order valence-corrected chi connectivity index (χ3v) is 2.92. The van der Waals surface area contributed by atoms with Gasteiger partial charge in [0.05, 0.1) is 25.7 Å². The van der Waals surface area contributed by atoms with Crippen molar-refractivity contribution >= 4 is 0 Å². The molecule has 1 fully saturated rings. The van der Waals surface area contributed by atoms with Crippen molar-refractivity contribution in [2.24, 2.45) is 17.8 Å². The van der Waals surface area contributed by atoms with E-state index in [9.17, 15) is 0 Å². The van der Waals surface area contributed by atoms with Crippen LogP contribution in [0.2, 0.25) is 0 Å². The lowest BCUT2D eigenvalue weighted by molar-refractivity contribution is 0.238. The Hall–Kier alpha value is -0.920. The van der Waals surface area contributed by atoms with E-state index in [2.05, 4.69) is 6.92 Å². The second-order valence-electron chi connectivity index (χ2n) is 3.46. The van der Waals surface area contributed by atoms with Crippen molar-refractivity contribution in [3.05, 3.63) is 23.7 Å². The van der Waals surface area contributed by atoms with Crippen LogP contribution >= 0.6 is 0 Å². The Labute approximate surface area is 72.9 Å². The van der Waals surface area contributed by atoms with Gasteiger partial charge in [-0.2, -0.15) is 0 Å². The lowest BCUT2D eigenvalue weighted by Gasteiger charge is -2.11. The molecule has 2 atom stereocenters. The topological polar surface area (TPSA) is 18.5 Å². The molecule has 0 spiro atoms. The first-order valence-corrected chi connectivity index (χ1v) is 4.29. The van der Waals surface area contributed by atoms with Crippen molar-refractivity contribution in [3.63, 3.8) is 0 Å². The molecule has 66 valence electrons. The molecule has 2 rings (SSSR count). The summed E-state index contributed by atoms with van der Waals surface area (Å²) >= 11 is 0. The van der Waals surface area contributed by atoms with Gasteiger partial charge in [0.2, 0.25) is 0 Å². The Bertz CT molecular complexity index is 227. The number of ether oxygens (including phenoxy) is 2. The molecule has 0 radical (unpaired) electrons. The van der Waals surface area contributed by atoms with Gasteiger partial charge in [-0.25, -0.2) is 0 Å². The van der Waals surface area contributed by atoms with Crippen LogP contribution in [0.5, 0.6) is 0 Å². The first kappa shape index (κ1) is 7.71. The zero-order valence-corrected chi connectivity index (χ0v) is 7.70. The molecule has 0 heterocycles. The Morgan fingerprint density at radius 2 is 1.42 bits per heavy atom. The van der Waals surface area contributed by atoms with E-state index in [4.69, 9.17) is 9.47 Å². The average Bonchev–Trinajstić information content (AvgIpc) is 2.77. The molecule has 2 unspecified atom stereocenters. The van der Waals surface area contributed by atoms with Crippen LogP contribution in [-0.4, -0.2) is 14.2 Å². The van der Waals surface area contributed by atoms with Crippen LogP contribution in [0, 0.1) is 17.8 Å². The van der Waals surface area contributed by atoms with Crippen LogP contribution in [0.15, 0.2) is 23.7 Å². The summed E-state index contributed by atoms with van der Waals surface area (Å²) in [5.41, 5.74) is 0. The molecule has 2 aliphatic rings. The minimum absolute atomic E-state index is 0.579. The van der Waals surface area contributed by atoms with Crippen molar-refractivity contribution < 1.29 is 9.47 Å². The van der Waals surface area contributed by atoms with E-state index in [-0.39, 0.29) is 0 Å². The molecule has 0 aliphatic heterocycles. The summed E-state index contributed by atoms with van der Waals surface area (Å²) in [5, 5.41) is 0. The summed E-state index contributed by atoms with van der Waals surface area (Å²) in [5.74, 6) is 4.05. The number of hydrogen-bond acceptors (Lipinski definition) is 2. The molecular weight excluding hydrogens is 152 g/mol. The van der Waals surface area contributed by atoms with Gasteiger partial charge in [0.1, 0.15) is 0 Å². The molecule has 12 heavy (non-hydrogen) atoms. The average molecular weight is 166 g/mol. The molecule has 0 N–H and O–H groups in total. The van der Waals surface area contributed by atoms with Gasteiger partial charge in [0, 0.05) is 11.8 Å². The molecule has 0 aromatic heterocycles. The van der Waals surface area contributed by atoms with E-state index in [0.29, 0.717) is 17.8 Å². The van der Waals surface area contributed by atoms with Gasteiger partial charge < -0.3 is 9.47 Å². The van der Waals surface area contributed by atoms with Crippen molar-refractivity contribution in [1.82, 2.24) is 0 Å². The maximum Gasteiger partial charge on any atom is 0.0997 e. The highest BCUT2D eigenvalue weighted by molar-refractivity contribution is 5.32. The summed E-state index contributed by atoms with van der Waals surface area (Å²) in [6, 6.07) is 0. The third kappa shape index (κ3) is 0.872. The quantitative estimate of drug-likeness (QED) is 0.624. The van der Waals surface area contributed by atoms with Crippen molar-refractivity contribution in [2.75, 3.05) is 14.2 Å². The van der Waals surface area contributed by atoms with E-state index in [1.54, 1.807) is 14.2 Å². The van der Waals surface area contributed by atoms with Crippen LogP contribution in [-0.2, 0) is 9.47 Å². The van der Waals surface area contributed by atoms with E-state index < -0.39 is 0 Å². The van der Waals surface area contributed by atoms with Crippen molar-refractivity contribution in [3.8, 4) is 0 Å². The fourth-order valence-corrected chi connectivity index (χ4v) is 2.13. The van der Waals surface area contributed by atoms with Crippen LogP contribution in [0.1, 0.15) is 6.92 Å². The monoisotopic (exact) mass is 166 g/mol. The SMILES string of the molecule is COC1=CC=C(OC)C2C(C)C12. The molecule has 0 aromatic rings. The van der Waals surface area contributed by atoms with Gasteiger partial charge in [-0.15, -0.1) is 0 Å². The normalized spacial score (nSPS) is 37.8. The summed E-state index contributed by atoms with van der Waals surface area (Å²) in [4.78, 5) is 0. The molecule has 0 aromatic carbocycles. The summed E-state index contributed by atoms with van der Waals surface area (Å²) in [6.07, 6.45) is 4.03. The van der Waals surface area contributed by atoms with Crippen LogP contribution in [0.4, 0.5) is 0 Å². The Kier molecular flexibility index (Phi) is 1.63. The number of fused-ring (bicyclic) bond motifs is 1. The molecule has 1 saturated carbocycles. The Balaban J connectivity index is 2.23. The predicted molar refractivity (Wildman–Crippen MR) is 46.3 cm³/mol. The maximum atomic E-state index is 5.27. The van der Waals surface area contributed by atoms with Gasteiger partial charge >= 0.3 is 0 Å². The minimum Gasteiger partial charge on any atom is -0.501 e. The zero-order chi connectivity index (χ0) is 8.72. The van der Waals surface area contributed by atoms with Crippen molar-refractivity contribution in [2.45, 2.75) is 6.92 Å². The number of allylic oxidation sites excluding steroid dienone is 4. The first-order valence-electron chi connectivity index (χ1n) is 4.29. The molecule has 0 bridgehead atoms. The third-order valence-electron chi connectivity index (χ3n) is 2.92. The predicted octanol–water partition coefficient (Wildman–Crippen LogP) is 1.94. The van der Waals surface area contributed by atoms with Gasteiger partial charge in [-0.3, -0.25) is 0 Å².